The summed E-state index contributed by atoms with van der Waals surface area (Å²) < 4.78 is 36.5. The molecule has 0 aliphatic heterocycles. The van der Waals surface area contributed by atoms with Crippen LogP contribution in [0, 0.1) is 11.6 Å². The van der Waals surface area contributed by atoms with Gasteiger partial charge in [-0.25, -0.2) is 8.78 Å². The third kappa shape index (κ3) is 4.50. The molecule has 0 atom stereocenters. The van der Waals surface area contributed by atoms with Gasteiger partial charge in [-0.2, -0.15) is 0 Å². The Morgan fingerprint density at radius 2 is 1.95 bits per heavy atom. The number of ether oxygens (including phenoxy) is 2. The van der Waals surface area contributed by atoms with Crippen LogP contribution in [-0.2, 0) is 4.74 Å². The number of rotatable bonds is 3. The first-order chi connectivity index (χ1) is 10.6. The van der Waals surface area contributed by atoms with Crippen molar-refractivity contribution in [2.45, 2.75) is 0 Å². The van der Waals surface area contributed by atoms with Crippen LogP contribution < -0.4 is 4.74 Å². The van der Waals surface area contributed by atoms with Crippen molar-refractivity contribution >= 4 is 37.4 Å². The average Bonchev–Trinajstić information content (AvgIpc) is 2.99. The summed E-state index contributed by atoms with van der Waals surface area (Å²) in [7, 11) is 1.51. The van der Waals surface area contributed by atoms with E-state index in [-0.39, 0.29) is 18.4 Å². The third-order valence-electron chi connectivity index (χ3n) is 2.65. The second-order valence-electron chi connectivity index (χ2n) is 4.21. The van der Waals surface area contributed by atoms with Crippen LogP contribution in [0.3, 0.4) is 0 Å². The predicted octanol–water partition coefficient (Wildman–Crippen LogP) is 5.61. The second-order valence-corrected chi connectivity index (χ2v) is 5.92. The SMILES string of the molecule is COCOc1cccc(F)c1.Fc1ccc2ccsc2c1Br. The van der Waals surface area contributed by atoms with E-state index in [0.29, 0.717) is 10.2 Å². The molecule has 0 N–H and O–H groups in total. The van der Waals surface area contributed by atoms with Gasteiger partial charge in [0.25, 0.3) is 0 Å². The van der Waals surface area contributed by atoms with Gasteiger partial charge in [-0.15, -0.1) is 11.3 Å². The van der Waals surface area contributed by atoms with Crippen LogP contribution >= 0.6 is 27.3 Å². The number of fused-ring (bicyclic) bond motifs is 1. The van der Waals surface area contributed by atoms with Crippen LogP contribution in [0.4, 0.5) is 8.78 Å². The number of benzene rings is 2. The van der Waals surface area contributed by atoms with Gasteiger partial charge in [0, 0.05) is 13.2 Å². The number of methoxy groups -OCH3 is 1. The summed E-state index contributed by atoms with van der Waals surface area (Å²) in [5.74, 6) is -0.0228. The summed E-state index contributed by atoms with van der Waals surface area (Å²) in [6.45, 7) is 0.142. The first-order valence-electron chi connectivity index (χ1n) is 6.30. The molecule has 2 aromatic carbocycles. The third-order valence-corrected chi connectivity index (χ3v) is 4.64. The summed E-state index contributed by atoms with van der Waals surface area (Å²) in [5.41, 5.74) is 0. The number of thiophene rings is 1. The van der Waals surface area contributed by atoms with Crippen molar-refractivity contribution < 1.29 is 18.3 Å². The zero-order valence-corrected chi connectivity index (χ0v) is 14.1. The molecule has 0 aliphatic carbocycles. The molecule has 0 saturated heterocycles. The Kier molecular flexibility index (Phi) is 6.30. The molecule has 3 aromatic rings. The minimum atomic E-state index is -0.307. The Bertz CT molecular complexity index is 746. The number of hydrogen-bond acceptors (Lipinski definition) is 3. The van der Waals surface area contributed by atoms with E-state index in [2.05, 4.69) is 20.7 Å². The van der Waals surface area contributed by atoms with Crippen molar-refractivity contribution in [2.75, 3.05) is 13.9 Å². The van der Waals surface area contributed by atoms with Gasteiger partial charge < -0.3 is 9.47 Å². The molecular formula is C16H13BrF2O2S. The fourth-order valence-electron chi connectivity index (χ4n) is 1.66. The molecule has 0 amide bonds. The first-order valence-corrected chi connectivity index (χ1v) is 7.97. The lowest BCUT2D eigenvalue weighted by Crippen LogP contribution is -1.98. The van der Waals surface area contributed by atoms with Gasteiger partial charge in [0.1, 0.15) is 17.4 Å². The maximum absolute atomic E-state index is 12.9. The summed E-state index contributed by atoms with van der Waals surface area (Å²) in [5, 5.41) is 3.04. The highest BCUT2D eigenvalue weighted by Gasteiger charge is 2.04. The molecule has 22 heavy (non-hydrogen) atoms. The quantitative estimate of drug-likeness (QED) is 0.544. The average molecular weight is 387 g/mol. The van der Waals surface area contributed by atoms with Gasteiger partial charge in [-0.1, -0.05) is 12.1 Å². The van der Waals surface area contributed by atoms with Gasteiger partial charge in [0.05, 0.1) is 9.17 Å². The molecule has 0 radical (unpaired) electrons. The van der Waals surface area contributed by atoms with Gasteiger partial charge in [-0.05, 0) is 51.0 Å². The second kappa shape index (κ2) is 8.22. The molecular weight excluding hydrogens is 374 g/mol. The van der Waals surface area contributed by atoms with E-state index in [4.69, 9.17) is 4.74 Å². The van der Waals surface area contributed by atoms with Crippen LogP contribution in [0.15, 0.2) is 52.3 Å². The Balaban J connectivity index is 0.000000160. The summed E-state index contributed by atoms with van der Waals surface area (Å²) in [6.07, 6.45) is 0. The van der Waals surface area contributed by atoms with E-state index in [1.807, 2.05) is 11.4 Å². The Labute approximate surface area is 139 Å². The highest BCUT2D eigenvalue weighted by atomic mass is 79.9. The fourth-order valence-corrected chi connectivity index (χ4v) is 3.12. The maximum Gasteiger partial charge on any atom is 0.188 e. The Morgan fingerprint density at radius 1 is 1.14 bits per heavy atom. The molecule has 2 nitrogen and oxygen atoms in total. The van der Waals surface area contributed by atoms with E-state index in [0.717, 1.165) is 10.1 Å². The first kappa shape index (κ1) is 16.9. The van der Waals surface area contributed by atoms with Crippen molar-refractivity contribution in [1.29, 1.82) is 0 Å². The van der Waals surface area contributed by atoms with Crippen LogP contribution in [0.25, 0.3) is 10.1 Å². The zero-order chi connectivity index (χ0) is 15.9. The molecule has 3 rings (SSSR count). The zero-order valence-electron chi connectivity index (χ0n) is 11.7. The normalized spacial score (nSPS) is 10.2. The van der Waals surface area contributed by atoms with E-state index < -0.39 is 0 Å². The maximum atomic E-state index is 12.9. The van der Waals surface area contributed by atoms with E-state index in [1.54, 1.807) is 29.5 Å². The standard InChI is InChI=1S/C8H4BrFS.C8H9FO2/c9-7-6(10)2-1-5-3-4-11-8(5)7;1-10-6-11-8-4-2-3-7(9)5-8/h1-4H;2-5H,6H2,1H3. The molecule has 0 unspecified atom stereocenters. The molecule has 0 fully saturated rings. The Hall–Kier alpha value is -1.50. The highest BCUT2D eigenvalue weighted by Crippen LogP contribution is 2.30. The lowest BCUT2D eigenvalue weighted by Gasteiger charge is -2.02. The van der Waals surface area contributed by atoms with Crippen molar-refractivity contribution in [3.8, 4) is 5.75 Å². The minimum Gasteiger partial charge on any atom is -0.467 e. The summed E-state index contributed by atoms with van der Waals surface area (Å²) >= 11 is 4.74. The topological polar surface area (TPSA) is 18.5 Å². The predicted molar refractivity (Wildman–Crippen MR) is 88.4 cm³/mol. The molecule has 116 valence electrons. The summed E-state index contributed by atoms with van der Waals surface area (Å²) in [4.78, 5) is 0. The smallest absolute Gasteiger partial charge is 0.188 e. The number of hydrogen-bond donors (Lipinski definition) is 0. The molecule has 0 aliphatic rings. The van der Waals surface area contributed by atoms with Gasteiger partial charge >= 0.3 is 0 Å². The van der Waals surface area contributed by atoms with Crippen molar-refractivity contribution in [3.05, 3.63) is 64.0 Å². The van der Waals surface area contributed by atoms with Crippen LogP contribution in [0.1, 0.15) is 0 Å². The molecule has 0 saturated carbocycles. The van der Waals surface area contributed by atoms with Crippen LogP contribution in [0.5, 0.6) is 5.75 Å². The number of halogens is 3. The summed E-state index contributed by atoms with van der Waals surface area (Å²) in [6, 6.07) is 11.1. The monoisotopic (exact) mass is 386 g/mol. The molecule has 0 spiro atoms. The highest BCUT2D eigenvalue weighted by molar-refractivity contribution is 9.10. The molecule has 6 heteroatoms. The largest absolute Gasteiger partial charge is 0.467 e. The van der Waals surface area contributed by atoms with Gasteiger partial charge in [-0.3, -0.25) is 0 Å². The Morgan fingerprint density at radius 3 is 2.68 bits per heavy atom. The van der Waals surface area contributed by atoms with Crippen LogP contribution in [0.2, 0.25) is 0 Å². The van der Waals surface area contributed by atoms with E-state index in [1.165, 1.54) is 25.3 Å². The lowest BCUT2D eigenvalue weighted by molar-refractivity contribution is 0.0509. The van der Waals surface area contributed by atoms with E-state index >= 15 is 0 Å². The van der Waals surface area contributed by atoms with Crippen LogP contribution in [-0.4, -0.2) is 13.9 Å². The molecule has 0 bridgehead atoms. The lowest BCUT2D eigenvalue weighted by atomic mass is 10.3. The van der Waals surface area contributed by atoms with Crippen molar-refractivity contribution in [1.82, 2.24) is 0 Å². The minimum absolute atomic E-state index is 0.142. The van der Waals surface area contributed by atoms with Gasteiger partial charge in [0.15, 0.2) is 6.79 Å². The van der Waals surface area contributed by atoms with Crippen molar-refractivity contribution in [3.63, 3.8) is 0 Å². The molecule has 1 aromatic heterocycles. The van der Waals surface area contributed by atoms with Gasteiger partial charge in [0.2, 0.25) is 0 Å². The fraction of sp³-hybridized carbons (Fsp3) is 0.125. The van der Waals surface area contributed by atoms with E-state index in [9.17, 15) is 8.78 Å². The molecule has 1 heterocycles. The van der Waals surface area contributed by atoms with Crippen molar-refractivity contribution in [2.24, 2.45) is 0 Å².